The molecule has 4 nitrogen and oxygen atoms in total. The van der Waals surface area contributed by atoms with E-state index in [0.29, 0.717) is 30.4 Å². The van der Waals surface area contributed by atoms with E-state index >= 15 is 0 Å². The maximum absolute atomic E-state index is 5.70. The normalized spacial score (nSPS) is 10.5. The van der Waals surface area contributed by atoms with Gasteiger partial charge in [-0.3, -0.25) is 0 Å². The quantitative estimate of drug-likeness (QED) is 0.595. The summed E-state index contributed by atoms with van der Waals surface area (Å²) >= 11 is 0. The Balaban J connectivity index is 2.44. The Bertz CT molecular complexity index is 326. The van der Waals surface area contributed by atoms with Crippen LogP contribution in [0.3, 0.4) is 0 Å². The van der Waals surface area contributed by atoms with Gasteiger partial charge in [0, 0.05) is 23.9 Å². The molecule has 0 bridgehead atoms. The van der Waals surface area contributed by atoms with Crippen LogP contribution in [0.5, 0.6) is 11.5 Å². The number of rotatable bonds is 6. The van der Waals surface area contributed by atoms with Gasteiger partial charge in [-0.2, -0.15) is 0 Å². The highest BCUT2D eigenvalue weighted by atomic mass is 16.5. The summed E-state index contributed by atoms with van der Waals surface area (Å²) in [4.78, 5) is 0. The largest absolute Gasteiger partial charge is 0.497 e. The summed E-state index contributed by atoms with van der Waals surface area (Å²) in [6.07, 6.45) is 0.221. The molecule has 1 aromatic carbocycles. The second-order valence-electron chi connectivity index (χ2n) is 3.71. The summed E-state index contributed by atoms with van der Waals surface area (Å²) in [5.41, 5.74) is 6.32. The molecule has 1 rings (SSSR count). The molecule has 2 N–H and O–H groups in total. The van der Waals surface area contributed by atoms with E-state index in [1.165, 1.54) is 0 Å². The second-order valence-corrected chi connectivity index (χ2v) is 3.71. The minimum Gasteiger partial charge on any atom is -0.497 e. The Hall–Kier alpha value is -1.42. The van der Waals surface area contributed by atoms with Gasteiger partial charge in [0.15, 0.2) is 0 Å². The molecule has 0 spiro atoms. The Kier molecular flexibility index (Phi) is 4.92. The fourth-order valence-corrected chi connectivity index (χ4v) is 1.24. The van der Waals surface area contributed by atoms with Crippen LogP contribution >= 0.6 is 0 Å². The van der Waals surface area contributed by atoms with Crippen molar-refractivity contribution in [3.63, 3.8) is 0 Å². The molecule has 0 amide bonds. The number of hydrogen-bond acceptors (Lipinski definition) is 4. The highest BCUT2D eigenvalue weighted by Crippen LogP contribution is 2.23. The van der Waals surface area contributed by atoms with Crippen molar-refractivity contribution in [3.05, 3.63) is 18.2 Å². The molecule has 0 fully saturated rings. The first kappa shape index (κ1) is 12.6. The average Bonchev–Trinajstić information content (AvgIpc) is 2.23. The zero-order valence-electron chi connectivity index (χ0n) is 10.0. The number of ether oxygens (including phenoxy) is 3. The molecule has 0 heterocycles. The van der Waals surface area contributed by atoms with Gasteiger partial charge >= 0.3 is 0 Å². The van der Waals surface area contributed by atoms with E-state index in [9.17, 15) is 0 Å². The minimum absolute atomic E-state index is 0.221. The summed E-state index contributed by atoms with van der Waals surface area (Å²) in [6.45, 7) is 5.05. The van der Waals surface area contributed by atoms with Gasteiger partial charge in [-0.25, -0.2) is 0 Å². The van der Waals surface area contributed by atoms with Crippen molar-refractivity contribution in [1.82, 2.24) is 0 Å². The molecule has 0 radical (unpaired) electrons. The third-order valence-corrected chi connectivity index (χ3v) is 1.94. The minimum atomic E-state index is 0.221. The zero-order valence-corrected chi connectivity index (χ0v) is 10.0. The highest BCUT2D eigenvalue weighted by Gasteiger charge is 2.00. The Morgan fingerprint density at radius 2 is 1.81 bits per heavy atom. The van der Waals surface area contributed by atoms with E-state index in [-0.39, 0.29) is 6.10 Å². The molecule has 0 aliphatic rings. The van der Waals surface area contributed by atoms with Crippen LogP contribution in [0.15, 0.2) is 18.2 Å². The lowest BCUT2D eigenvalue weighted by molar-refractivity contribution is 0.0552. The fourth-order valence-electron chi connectivity index (χ4n) is 1.24. The highest BCUT2D eigenvalue weighted by molar-refractivity contribution is 5.50. The van der Waals surface area contributed by atoms with Crippen molar-refractivity contribution in [2.45, 2.75) is 20.0 Å². The van der Waals surface area contributed by atoms with Crippen LogP contribution < -0.4 is 15.2 Å². The summed E-state index contributed by atoms with van der Waals surface area (Å²) in [5, 5.41) is 0. The van der Waals surface area contributed by atoms with Gasteiger partial charge in [0.2, 0.25) is 0 Å². The number of anilines is 1. The lowest BCUT2D eigenvalue weighted by Gasteiger charge is -2.10. The molecule has 4 heteroatoms. The van der Waals surface area contributed by atoms with Crippen molar-refractivity contribution < 1.29 is 14.2 Å². The van der Waals surface area contributed by atoms with Gasteiger partial charge in [0.25, 0.3) is 0 Å². The van der Waals surface area contributed by atoms with Gasteiger partial charge in [-0.1, -0.05) is 0 Å². The molecule has 0 unspecified atom stereocenters. The van der Waals surface area contributed by atoms with Crippen LogP contribution in [0.4, 0.5) is 5.69 Å². The number of benzene rings is 1. The van der Waals surface area contributed by atoms with Crippen molar-refractivity contribution in [1.29, 1.82) is 0 Å². The van der Waals surface area contributed by atoms with Crippen molar-refractivity contribution in [2.75, 3.05) is 26.1 Å². The molecular weight excluding hydrogens is 206 g/mol. The first-order valence-corrected chi connectivity index (χ1v) is 5.30. The van der Waals surface area contributed by atoms with Crippen LogP contribution in [0, 0.1) is 0 Å². The van der Waals surface area contributed by atoms with Gasteiger partial charge in [-0.15, -0.1) is 0 Å². The standard InChI is InChI=1S/C12H19NO3/c1-9(2)15-4-5-16-12-7-10(13)6-11(8-12)14-3/h6-9H,4-5,13H2,1-3H3. The summed E-state index contributed by atoms with van der Waals surface area (Å²) in [7, 11) is 1.60. The Morgan fingerprint density at radius 3 is 2.44 bits per heavy atom. The van der Waals surface area contributed by atoms with Crippen LogP contribution in [0.25, 0.3) is 0 Å². The smallest absolute Gasteiger partial charge is 0.125 e. The van der Waals surface area contributed by atoms with Gasteiger partial charge in [0.1, 0.15) is 18.1 Å². The van der Waals surface area contributed by atoms with E-state index in [4.69, 9.17) is 19.9 Å². The molecule has 90 valence electrons. The maximum Gasteiger partial charge on any atom is 0.125 e. The van der Waals surface area contributed by atoms with E-state index in [1.807, 2.05) is 13.8 Å². The van der Waals surface area contributed by atoms with Crippen LogP contribution in [0.1, 0.15) is 13.8 Å². The average molecular weight is 225 g/mol. The van der Waals surface area contributed by atoms with Crippen molar-refractivity contribution in [3.8, 4) is 11.5 Å². The van der Waals surface area contributed by atoms with Gasteiger partial charge in [0.05, 0.1) is 19.8 Å². The van der Waals surface area contributed by atoms with Crippen molar-refractivity contribution >= 4 is 5.69 Å². The predicted molar refractivity (Wildman–Crippen MR) is 64.0 cm³/mol. The number of nitrogens with two attached hydrogens (primary N) is 1. The van der Waals surface area contributed by atoms with Gasteiger partial charge < -0.3 is 19.9 Å². The topological polar surface area (TPSA) is 53.7 Å². The molecule has 0 saturated heterocycles. The predicted octanol–water partition coefficient (Wildman–Crippen LogP) is 2.08. The molecule has 0 aliphatic heterocycles. The summed E-state index contributed by atoms with van der Waals surface area (Å²) < 4.78 is 15.9. The number of nitrogen functional groups attached to an aromatic ring is 1. The molecular formula is C12H19NO3. The first-order valence-electron chi connectivity index (χ1n) is 5.30. The van der Waals surface area contributed by atoms with E-state index in [2.05, 4.69) is 0 Å². The van der Waals surface area contributed by atoms with E-state index in [1.54, 1.807) is 25.3 Å². The molecule has 1 aromatic rings. The van der Waals surface area contributed by atoms with Gasteiger partial charge in [-0.05, 0) is 13.8 Å². The van der Waals surface area contributed by atoms with Crippen LogP contribution in [-0.4, -0.2) is 26.4 Å². The summed E-state index contributed by atoms with van der Waals surface area (Å²) in [5.74, 6) is 1.39. The van der Waals surface area contributed by atoms with E-state index in [0.717, 1.165) is 0 Å². The first-order chi connectivity index (χ1) is 7.61. The monoisotopic (exact) mass is 225 g/mol. The third kappa shape index (κ3) is 4.40. The molecule has 0 saturated carbocycles. The Labute approximate surface area is 96.3 Å². The third-order valence-electron chi connectivity index (χ3n) is 1.94. The Morgan fingerprint density at radius 1 is 1.12 bits per heavy atom. The lowest BCUT2D eigenvalue weighted by Crippen LogP contribution is -2.11. The molecule has 0 atom stereocenters. The summed E-state index contributed by atoms with van der Waals surface area (Å²) in [6, 6.07) is 5.31. The number of hydrogen-bond donors (Lipinski definition) is 1. The van der Waals surface area contributed by atoms with E-state index < -0.39 is 0 Å². The molecule has 16 heavy (non-hydrogen) atoms. The molecule has 0 aromatic heterocycles. The lowest BCUT2D eigenvalue weighted by atomic mass is 10.3. The molecule has 0 aliphatic carbocycles. The van der Waals surface area contributed by atoms with Crippen molar-refractivity contribution in [2.24, 2.45) is 0 Å². The second kappa shape index (κ2) is 6.23. The SMILES string of the molecule is COc1cc(N)cc(OCCOC(C)C)c1. The van der Waals surface area contributed by atoms with Crippen LogP contribution in [0.2, 0.25) is 0 Å². The van der Waals surface area contributed by atoms with Crippen LogP contribution in [-0.2, 0) is 4.74 Å². The zero-order chi connectivity index (χ0) is 12.0. The fraction of sp³-hybridized carbons (Fsp3) is 0.500. The maximum atomic E-state index is 5.70. The number of methoxy groups -OCH3 is 1.